The highest BCUT2D eigenvalue weighted by Gasteiger charge is 2.38. The lowest BCUT2D eigenvalue weighted by atomic mass is 9.65. The van der Waals surface area contributed by atoms with E-state index in [0.717, 1.165) is 5.88 Å². The molecule has 0 spiro atoms. The average Bonchev–Trinajstić information content (AvgIpc) is 2.28. The summed E-state index contributed by atoms with van der Waals surface area (Å²) >= 11 is 6.26. The zero-order chi connectivity index (χ0) is 10.9. The van der Waals surface area contributed by atoms with Gasteiger partial charge in [0.25, 0.3) is 0 Å². The molecule has 0 aliphatic heterocycles. The number of aryl methyl sites for hydroxylation is 1. The Morgan fingerprint density at radius 1 is 1.33 bits per heavy atom. The Hall–Kier alpha value is -0.490. The van der Waals surface area contributed by atoms with Crippen LogP contribution in [0.1, 0.15) is 37.8 Å². The van der Waals surface area contributed by atoms with Gasteiger partial charge in [0.15, 0.2) is 0 Å². The van der Waals surface area contributed by atoms with Crippen molar-refractivity contribution in [3.63, 3.8) is 0 Å². The van der Waals surface area contributed by atoms with Crippen molar-refractivity contribution in [2.75, 3.05) is 5.88 Å². The Morgan fingerprint density at radius 2 is 2.07 bits per heavy atom. The molecule has 1 heteroatoms. The van der Waals surface area contributed by atoms with Crippen LogP contribution in [-0.4, -0.2) is 5.88 Å². The number of fused-ring (bicyclic) bond motifs is 1. The first-order valence-corrected chi connectivity index (χ1v) is 6.38. The van der Waals surface area contributed by atoms with E-state index in [1.165, 1.54) is 30.4 Å². The van der Waals surface area contributed by atoms with Crippen molar-refractivity contribution in [1.29, 1.82) is 0 Å². The number of hydrogen-bond acceptors (Lipinski definition) is 0. The Morgan fingerprint density at radius 3 is 2.73 bits per heavy atom. The topological polar surface area (TPSA) is 0 Å². The Balaban J connectivity index is 2.52. The molecule has 1 aliphatic carbocycles. The van der Waals surface area contributed by atoms with Crippen LogP contribution >= 0.6 is 11.6 Å². The van der Waals surface area contributed by atoms with Gasteiger partial charge in [-0.05, 0) is 36.3 Å². The first kappa shape index (κ1) is 11.0. The second-order valence-corrected chi connectivity index (χ2v) is 5.22. The maximum atomic E-state index is 6.26. The van der Waals surface area contributed by atoms with Crippen LogP contribution in [0.25, 0.3) is 0 Å². The molecular weight excluding hydrogens is 204 g/mol. The van der Waals surface area contributed by atoms with Gasteiger partial charge in [0.2, 0.25) is 0 Å². The Kier molecular flexibility index (Phi) is 3.06. The minimum absolute atomic E-state index is 0.219. The first-order valence-electron chi connectivity index (χ1n) is 5.85. The van der Waals surface area contributed by atoms with Gasteiger partial charge in [0, 0.05) is 11.3 Å². The molecule has 15 heavy (non-hydrogen) atoms. The molecule has 0 saturated heterocycles. The van der Waals surface area contributed by atoms with Gasteiger partial charge in [0.1, 0.15) is 0 Å². The summed E-state index contributed by atoms with van der Waals surface area (Å²) in [5.41, 5.74) is 3.23. The molecule has 0 N–H and O–H groups in total. The fraction of sp³-hybridized carbons (Fsp3) is 0.571. The molecule has 0 aromatic heterocycles. The van der Waals surface area contributed by atoms with Crippen molar-refractivity contribution in [1.82, 2.24) is 0 Å². The molecule has 0 saturated carbocycles. The predicted molar refractivity (Wildman–Crippen MR) is 66.6 cm³/mol. The van der Waals surface area contributed by atoms with Gasteiger partial charge in [-0.1, -0.05) is 38.1 Å². The lowest BCUT2D eigenvalue weighted by molar-refractivity contribution is 0.295. The van der Waals surface area contributed by atoms with E-state index < -0.39 is 0 Å². The molecule has 0 fully saturated rings. The van der Waals surface area contributed by atoms with Gasteiger partial charge >= 0.3 is 0 Å². The van der Waals surface area contributed by atoms with E-state index in [1.54, 1.807) is 0 Å². The lowest BCUT2D eigenvalue weighted by Crippen LogP contribution is -2.38. The van der Waals surface area contributed by atoms with Crippen LogP contribution in [0.2, 0.25) is 0 Å². The van der Waals surface area contributed by atoms with Gasteiger partial charge < -0.3 is 0 Å². The normalized spacial score (nSPS) is 25.3. The molecular formula is C14H19Cl. The summed E-state index contributed by atoms with van der Waals surface area (Å²) in [4.78, 5) is 0. The predicted octanol–water partition coefficient (Wildman–Crippen LogP) is 4.16. The van der Waals surface area contributed by atoms with E-state index in [-0.39, 0.29) is 5.41 Å². The highest BCUT2D eigenvalue weighted by atomic mass is 35.5. The van der Waals surface area contributed by atoms with E-state index in [9.17, 15) is 0 Å². The first-order chi connectivity index (χ1) is 7.20. The third-order valence-corrected chi connectivity index (χ3v) is 4.44. The van der Waals surface area contributed by atoms with Crippen molar-refractivity contribution in [2.45, 2.75) is 38.5 Å². The zero-order valence-electron chi connectivity index (χ0n) is 9.59. The molecule has 82 valence electrons. The van der Waals surface area contributed by atoms with Crippen molar-refractivity contribution in [3.05, 3.63) is 35.4 Å². The standard InChI is InChI=1S/C14H19Cl/c1-11(2)14(10-15)9-5-7-12-6-3-4-8-13(12)14/h3-4,6,8,11H,5,7,9-10H2,1-2H3. The summed E-state index contributed by atoms with van der Waals surface area (Å²) in [6.45, 7) is 4.59. The van der Waals surface area contributed by atoms with E-state index in [1.807, 2.05) is 0 Å². The summed E-state index contributed by atoms with van der Waals surface area (Å²) in [7, 11) is 0. The molecule has 1 aliphatic rings. The number of alkyl halides is 1. The SMILES string of the molecule is CC(C)C1(CCl)CCCc2ccccc21. The quantitative estimate of drug-likeness (QED) is 0.660. The van der Waals surface area contributed by atoms with Crippen LogP contribution in [0.4, 0.5) is 0 Å². The molecule has 0 bridgehead atoms. The zero-order valence-corrected chi connectivity index (χ0v) is 10.3. The fourth-order valence-corrected chi connectivity index (χ4v) is 3.43. The third kappa shape index (κ3) is 1.69. The Bertz CT molecular complexity index is 343. The molecule has 1 aromatic rings. The minimum atomic E-state index is 0.219. The van der Waals surface area contributed by atoms with Crippen molar-refractivity contribution >= 4 is 11.6 Å². The number of rotatable bonds is 2. The van der Waals surface area contributed by atoms with Crippen molar-refractivity contribution in [2.24, 2.45) is 5.92 Å². The molecule has 0 amide bonds. The van der Waals surface area contributed by atoms with Crippen molar-refractivity contribution in [3.8, 4) is 0 Å². The van der Waals surface area contributed by atoms with Crippen LogP contribution < -0.4 is 0 Å². The smallest absolute Gasteiger partial charge is 0.0323 e. The molecule has 0 nitrogen and oxygen atoms in total. The van der Waals surface area contributed by atoms with Gasteiger partial charge in [-0.3, -0.25) is 0 Å². The fourth-order valence-electron chi connectivity index (χ4n) is 2.85. The van der Waals surface area contributed by atoms with Crippen LogP contribution in [-0.2, 0) is 11.8 Å². The molecule has 1 aromatic carbocycles. The maximum Gasteiger partial charge on any atom is 0.0323 e. The monoisotopic (exact) mass is 222 g/mol. The molecule has 1 atom stereocenters. The van der Waals surface area contributed by atoms with Gasteiger partial charge in [-0.25, -0.2) is 0 Å². The van der Waals surface area contributed by atoms with Gasteiger partial charge in [0.05, 0.1) is 0 Å². The van der Waals surface area contributed by atoms with Crippen molar-refractivity contribution < 1.29 is 0 Å². The maximum absolute atomic E-state index is 6.26. The van der Waals surface area contributed by atoms with Crippen LogP contribution in [0.3, 0.4) is 0 Å². The second kappa shape index (κ2) is 4.17. The number of halogens is 1. The number of hydrogen-bond donors (Lipinski definition) is 0. The highest BCUT2D eigenvalue weighted by molar-refractivity contribution is 6.18. The van der Waals surface area contributed by atoms with E-state index >= 15 is 0 Å². The van der Waals surface area contributed by atoms with E-state index in [0.29, 0.717) is 5.92 Å². The van der Waals surface area contributed by atoms with E-state index in [4.69, 9.17) is 11.6 Å². The van der Waals surface area contributed by atoms with Gasteiger partial charge in [-0.15, -0.1) is 11.6 Å². The summed E-state index contributed by atoms with van der Waals surface area (Å²) in [6.07, 6.45) is 3.74. The minimum Gasteiger partial charge on any atom is -0.126 e. The van der Waals surface area contributed by atoms with Crippen LogP contribution in [0, 0.1) is 5.92 Å². The third-order valence-electron chi connectivity index (χ3n) is 3.97. The summed E-state index contributed by atoms with van der Waals surface area (Å²) < 4.78 is 0. The largest absolute Gasteiger partial charge is 0.126 e. The summed E-state index contributed by atoms with van der Waals surface area (Å²) in [6, 6.07) is 8.83. The molecule has 1 unspecified atom stereocenters. The summed E-state index contributed by atoms with van der Waals surface area (Å²) in [5.74, 6) is 1.37. The lowest BCUT2D eigenvalue weighted by Gasteiger charge is -2.41. The van der Waals surface area contributed by atoms with E-state index in [2.05, 4.69) is 38.1 Å². The molecule has 0 heterocycles. The summed E-state index contributed by atoms with van der Waals surface area (Å²) in [5, 5.41) is 0. The molecule has 2 rings (SSSR count). The number of benzene rings is 1. The van der Waals surface area contributed by atoms with Crippen LogP contribution in [0.15, 0.2) is 24.3 Å². The second-order valence-electron chi connectivity index (χ2n) is 4.96. The molecule has 0 radical (unpaired) electrons. The van der Waals surface area contributed by atoms with Crippen LogP contribution in [0.5, 0.6) is 0 Å². The average molecular weight is 223 g/mol. The Labute approximate surface area is 97.6 Å². The van der Waals surface area contributed by atoms with Gasteiger partial charge in [-0.2, -0.15) is 0 Å². The highest BCUT2D eigenvalue weighted by Crippen LogP contribution is 2.43.